The number of hydrogen-bond acceptors (Lipinski definition) is 4. The monoisotopic (exact) mass is 271 g/mol. The largest absolute Gasteiger partial charge is 0.451 e. The van der Waals surface area contributed by atoms with Crippen LogP contribution in [-0.2, 0) is 0 Å². The van der Waals surface area contributed by atoms with Gasteiger partial charge in [0, 0.05) is 11.1 Å². The molecule has 1 aromatic carbocycles. The molecule has 6 heteroatoms. The molecular formula is C14H10FN3O2. The van der Waals surface area contributed by atoms with Crippen LogP contribution in [0.5, 0.6) is 0 Å². The molecule has 0 aliphatic heterocycles. The van der Waals surface area contributed by atoms with Crippen LogP contribution in [0.4, 0.5) is 15.9 Å². The van der Waals surface area contributed by atoms with Crippen LogP contribution in [0.2, 0.25) is 0 Å². The number of halogens is 1. The number of nitrogens with one attached hydrogen (secondary N) is 1. The van der Waals surface area contributed by atoms with Gasteiger partial charge in [-0.15, -0.1) is 0 Å². The maximum atomic E-state index is 12.7. The first-order chi connectivity index (χ1) is 9.61. The van der Waals surface area contributed by atoms with E-state index in [0.717, 1.165) is 11.6 Å². The highest BCUT2D eigenvalue weighted by atomic mass is 19.1. The van der Waals surface area contributed by atoms with Gasteiger partial charge in [-0.25, -0.2) is 9.37 Å². The Kier molecular flexibility index (Phi) is 2.83. The number of pyridine rings is 1. The number of anilines is 2. The van der Waals surface area contributed by atoms with Crippen molar-refractivity contribution in [2.75, 3.05) is 11.1 Å². The first-order valence-electron chi connectivity index (χ1n) is 5.84. The lowest BCUT2D eigenvalue weighted by molar-refractivity contribution is 0.0998. The van der Waals surface area contributed by atoms with Crippen molar-refractivity contribution >= 4 is 28.4 Å². The second-order valence-electron chi connectivity index (χ2n) is 4.22. The summed E-state index contributed by atoms with van der Waals surface area (Å²) in [5, 5.41) is 3.26. The fourth-order valence-corrected chi connectivity index (χ4v) is 1.80. The lowest BCUT2D eigenvalue weighted by Crippen LogP contribution is -2.11. The van der Waals surface area contributed by atoms with E-state index in [-0.39, 0.29) is 11.6 Å². The summed E-state index contributed by atoms with van der Waals surface area (Å²) in [6, 6.07) is 9.26. The van der Waals surface area contributed by atoms with Crippen LogP contribution >= 0.6 is 0 Å². The van der Waals surface area contributed by atoms with Crippen molar-refractivity contribution in [2.24, 2.45) is 0 Å². The van der Waals surface area contributed by atoms with E-state index in [9.17, 15) is 9.18 Å². The van der Waals surface area contributed by atoms with Crippen molar-refractivity contribution in [3.63, 3.8) is 0 Å². The number of rotatable bonds is 2. The minimum Gasteiger partial charge on any atom is -0.451 e. The van der Waals surface area contributed by atoms with Gasteiger partial charge in [-0.2, -0.15) is 0 Å². The van der Waals surface area contributed by atoms with Crippen LogP contribution in [-0.4, -0.2) is 10.9 Å². The normalized spacial score (nSPS) is 10.7. The molecule has 3 N–H and O–H groups in total. The SMILES string of the molecule is Nc1ccc2oc(C(=O)Nc3ccc(F)cn3)cc2c1. The highest BCUT2D eigenvalue weighted by Crippen LogP contribution is 2.22. The number of carbonyl (C=O) groups excluding carboxylic acids is 1. The highest BCUT2D eigenvalue weighted by Gasteiger charge is 2.13. The van der Waals surface area contributed by atoms with E-state index in [0.29, 0.717) is 11.3 Å². The number of carbonyl (C=O) groups is 1. The number of nitrogen functional groups attached to an aromatic ring is 1. The quantitative estimate of drug-likeness (QED) is 0.702. The van der Waals surface area contributed by atoms with E-state index >= 15 is 0 Å². The molecular weight excluding hydrogens is 261 g/mol. The summed E-state index contributed by atoms with van der Waals surface area (Å²) >= 11 is 0. The second kappa shape index (κ2) is 4.65. The van der Waals surface area contributed by atoms with Crippen LogP contribution < -0.4 is 11.1 Å². The summed E-state index contributed by atoms with van der Waals surface area (Å²) in [7, 11) is 0. The number of hydrogen-bond donors (Lipinski definition) is 2. The molecule has 1 amide bonds. The number of nitrogens with zero attached hydrogens (tertiary/aromatic N) is 1. The number of amides is 1. The zero-order valence-corrected chi connectivity index (χ0v) is 10.3. The molecule has 0 unspecified atom stereocenters. The first-order valence-corrected chi connectivity index (χ1v) is 5.84. The molecule has 0 fully saturated rings. The Morgan fingerprint density at radius 1 is 1.25 bits per heavy atom. The van der Waals surface area contributed by atoms with Gasteiger partial charge in [-0.05, 0) is 36.4 Å². The fraction of sp³-hybridized carbons (Fsp3) is 0. The molecule has 5 nitrogen and oxygen atoms in total. The van der Waals surface area contributed by atoms with E-state index in [1.165, 1.54) is 12.1 Å². The van der Waals surface area contributed by atoms with E-state index in [4.69, 9.17) is 10.2 Å². The maximum Gasteiger partial charge on any atom is 0.292 e. The molecule has 100 valence electrons. The molecule has 0 bridgehead atoms. The Balaban J connectivity index is 1.86. The minimum absolute atomic E-state index is 0.136. The third kappa shape index (κ3) is 2.31. The molecule has 0 saturated carbocycles. The van der Waals surface area contributed by atoms with Crippen molar-refractivity contribution in [1.82, 2.24) is 4.98 Å². The zero-order valence-electron chi connectivity index (χ0n) is 10.3. The number of aromatic nitrogens is 1. The van der Waals surface area contributed by atoms with Crippen molar-refractivity contribution in [3.8, 4) is 0 Å². The first kappa shape index (κ1) is 12.2. The molecule has 0 spiro atoms. The van der Waals surface area contributed by atoms with Gasteiger partial charge in [0.15, 0.2) is 5.76 Å². The molecule has 0 aliphatic carbocycles. The molecule has 0 aliphatic rings. The average Bonchev–Trinajstić information content (AvgIpc) is 2.84. The lowest BCUT2D eigenvalue weighted by atomic mass is 10.2. The predicted molar refractivity (Wildman–Crippen MR) is 72.8 cm³/mol. The summed E-state index contributed by atoms with van der Waals surface area (Å²) in [4.78, 5) is 15.7. The Labute approximate surface area is 113 Å². The standard InChI is InChI=1S/C14H10FN3O2/c15-9-1-4-13(17-7-9)18-14(19)12-6-8-5-10(16)2-3-11(8)20-12/h1-7H,16H2,(H,17,18,19). The van der Waals surface area contributed by atoms with Crippen molar-refractivity contribution in [1.29, 1.82) is 0 Å². The van der Waals surface area contributed by atoms with Gasteiger partial charge in [-0.3, -0.25) is 4.79 Å². The third-order valence-electron chi connectivity index (χ3n) is 2.73. The van der Waals surface area contributed by atoms with E-state index in [1.54, 1.807) is 24.3 Å². The second-order valence-corrected chi connectivity index (χ2v) is 4.22. The van der Waals surface area contributed by atoms with Crippen LogP contribution in [0.1, 0.15) is 10.6 Å². The van der Waals surface area contributed by atoms with Crippen LogP contribution in [0.25, 0.3) is 11.0 Å². The highest BCUT2D eigenvalue weighted by molar-refractivity contribution is 6.04. The van der Waals surface area contributed by atoms with Crippen LogP contribution in [0.3, 0.4) is 0 Å². The number of nitrogens with two attached hydrogens (primary N) is 1. The Morgan fingerprint density at radius 2 is 2.10 bits per heavy atom. The Bertz CT molecular complexity index is 781. The van der Waals surface area contributed by atoms with Gasteiger partial charge in [0.25, 0.3) is 5.91 Å². The van der Waals surface area contributed by atoms with Crippen LogP contribution in [0, 0.1) is 5.82 Å². The van der Waals surface area contributed by atoms with Gasteiger partial charge in [0.05, 0.1) is 6.20 Å². The fourth-order valence-electron chi connectivity index (χ4n) is 1.80. The average molecular weight is 271 g/mol. The Hall–Kier alpha value is -2.89. The molecule has 0 radical (unpaired) electrons. The van der Waals surface area contributed by atoms with E-state index in [1.807, 2.05) is 0 Å². The van der Waals surface area contributed by atoms with Gasteiger partial charge in [0.1, 0.15) is 17.2 Å². The molecule has 3 rings (SSSR count). The van der Waals surface area contributed by atoms with Crippen molar-refractivity contribution < 1.29 is 13.6 Å². The van der Waals surface area contributed by atoms with Gasteiger partial charge < -0.3 is 15.5 Å². The zero-order chi connectivity index (χ0) is 14.1. The van der Waals surface area contributed by atoms with Crippen LogP contribution in [0.15, 0.2) is 47.0 Å². The van der Waals surface area contributed by atoms with Crippen molar-refractivity contribution in [2.45, 2.75) is 0 Å². The van der Waals surface area contributed by atoms with E-state index < -0.39 is 11.7 Å². The van der Waals surface area contributed by atoms with Gasteiger partial charge in [0.2, 0.25) is 0 Å². The maximum absolute atomic E-state index is 12.7. The Morgan fingerprint density at radius 3 is 2.85 bits per heavy atom. The molecule has 2 aromatic heterocycles. The summed E-state index contributed by atoms with van der Waals surface area (Å²) in [6.45, 7) is 0. The number of fused-ring (bicyclic) bond motifs is 1. The molecule has 0 saturated heterocycles. The third-order valence-corrected chi connectivity index (χ3v) is 2.73. The number of benzene rings is 1. The lowest BCUT2D eigenvalue weighted by Gasteiger charge is -2.00. The molecule has 0 atom stereocenters. The van der Waals surface area contributed by atoms with Gasteiger partial charge >= 0.3 is 0 Å². The minimum atomic E-state index is -0.470. The smallest absolute Gasteiger partial charge is 0.292 e. The molecule has 3 aromatic rings. The molecule has 20 heavy (non-hydrogen) atoms. The van der Waals surface area contributed by atoms with Crippen molar-refractivity contribution in [3.05, 3.63) is 54.2 Å². The summed E-state index contributed by atoms with van der Waals surface area (Å²) < 4.78 is 18.1. The van der Waals surface area contributed by atoms with E-state index in [2.05, 4.69) is 10.3 Å². The van der Waals surface area contributed by atoms with Gasteiger partial charge in [-0.1, -0.05) is 0 Å². The predicted octanol–water partition coefficient (Wildman–Crippen LogP) is 2.80. The summed E-state index contributed by atoms with van der Waals surface area (Å²) in [5.41, 5.74) is 6.81. The number of furan rings is 1. The summed E-state index contributed by atoms with van der Waals surface area (Å²) in [6.07, 6.45) is 1.02. The topological polar surface area (TPSA) is 81.1 Å². The molecule has 2 heterocycles. The summed E-state index contributed by atoms with van der Waals surface area (Å²) in [5.74, 6) is -0.547.